The highest BCUT2D eigenvalue weighted by molar-refractivity contribution is 7.99. The largest absolute Gasteiger partial charge is 0.325 e. The number of rotatable bonds is 4. The number of benzene rings is 2. The van der Waals surface area contributed by atoms with Crippen LogP contribution in [0.5, 0.6) is 0 Å². The molecule has 0 fully saturated rings. The fourth-order valence-electron chi connectivity index (χ4n) is 4.34. The summed E-state index contributed by atoms with van der Waals surface area (Å²) in [5, 5.41) is 3.83. The second-order valence-electron chi connectivity index (χ2n) is 7.83. The molecule has 2 heterocycles. The van der Waals surface area contributed by atoms with E-state index < -0.39 is 0 Å². The first-order chi connectivity index (χ1) is 14.7. The van der Waals surface area contributed by atoms with E-state index in [1.165, 1.54) is 0 Å². The summed E-state index contributed by atoms with van der Waals surface area (Å²) in [4.78, 5) is 30.7. The van der Waals surface area contributed by atoms with Gasteiger partial charge in [0.05, 0.1) is 11.7 Å². The van der Waals surface area contributed by atoms with E-state index in [4.69, 9.17) is 4.98 Å². The highest BCUT2D eigenvalue weighted by Gasteiger charge is 2.30. The Bertz CT molecular complexity index is 1160. The predicted molar refractivity (Wildman–Crippen MR) is 120 cm³/mol. The quantitative estimate of drug-likeness (QED) is 0.637. The number of nitrogens with zero attached hydrogens (tertiary/aromatic N) is 2. The maximum Gasteiger partial charge on any atom is 0.257 e. The van der Waals surface area contributed by atoms with Crippen molar-refractivity contribution in [3.63, 3.8) is 0 Å². The molecule has 0 spiro atoms. The monoisotopic (exact) mass is 417 g/mol. The van der Waals surface area contributed by atoms with Gasteiger partial charge in [-0.15, -0.1) is 0 Å². The highest BCUT2D eigenvalue weighted by Crippen LogP contribution is 2.34. The first kappa shape index (κ1) is 19.1. The minimum absolute atomic E-state index is 0.0576. The van der Waals surface area contributed by atoms with Crippen LogP contribution in [0.1, 0.15) is 36.6 Å². The number of hydrogen-bond acceptors (Lipinski definition) is 4. The number of aryl methyl sites for hydroxylation is 1. The van der Waals surface area contributed by atoms with E-state index in [0.29, 0.717) is 5.75 Å². The molecule has 0 bridgehead atoms. The molecular formula is C24H23N3O2S. The molecule has 0 saturated carbocycles. The summed E-state index contributed by atoms with van der Waals surface area (Å²) in [5.74, 6) is 0.625. The van der Waals surface area contributed by atoms with Crippen LogP contribution < -0.4 is 10.9 Å². The number of nitrogens with one attached hydrogen (secondary N) is 1. The Morgan fingerprint density at radius 1 is 1.07 bits per heavy atom. The molecule has 3 aromatic rings. The van der Waals surface area contributed by atoms with Crippen LogP contribution in [0.4, 0.5) is 5.69 Å². The Morgan fingerprint density at radius 3 is 2.70 bits per heavy atom. The number of carbonyl (C=O) groups excluding carboxylic acids is 1. The number of fused-ring (bicyclic) bond motifs is 2. The van der Waals surface area contributed by atoms with E-state index in [0.717, 1.165) is 58.9 Å². The number of thioether (sulfide) groups is 1. The zero-order valence-corrected chi connectivity index (χ0v) is 17.5. The van der Waals surface area contributed by atoms with E-state index in [1.807, 2.05) is 54.6 Å². The fraction of sp³-hybridized carbons (Fsp3) is 0.292. The van der Waals surface area contributed by atoms with Crippen molar-refractivity contribution in [2.24, 2.45) is 0 Å². The zero-order valence-electron chi connectivity index (χ0n) is 16.6. The third kappa shape index (κ3) is 3.56. The first-order valence-electron chi connectivity index (χ1n) is 10.4. The summed E-state index contributed by atoms with van der Waals surface area (Å²) in [6.07, 6.45) is 4.09. The summed E-state index contributed by atoms with van der Waals surface area (Å²) >= 11 is 1.58. The summed E-state index contributed by atoms with van der Waals surface area (Å²) in [6.45, 7) is 0. The van der Waals surface area contributed by atoms with Gasteiger partial charge in [-0.2, -0.15) is 0 Å². The smallest absolute Gasteiger partial charge is 0.257 e. The van der Waals surface area contributed by atoms with E-state index in [-0.39, 0.29) is 23.9 Å². The molecule has 0 saturated heterocycles. The molecule has 1 N–H and O–H groups in total. The molecule has 1 atom stereocenters. The van der Waals surface area contributed by atoms with Gasteiger partial charge in [-0.3, -0.25) is 14.2 Å². The number of aromatic nitrogens is 2. The molecule has 2 aliphatic rings. The van der Waals surface area contributed by atoms with Crippen LogP contribution in [0, 0.1) is 0 Å². The average Bonchev–Trinajstić information content (AvgIpc) is 3.17. The molecule has 1 aromatic heterocycles. The Morgan fingerprint density at radius 2 is 1.83 bits per heavy atom. The third-order valence-corrected chi connectivity index (χ3v) is 6.93. The first-order valence-corrected chi connectivity index (χ1v) is 11.4. The van der Waals surface area contributed by atoms with Gasteiger partial charge in [0.1, 0.15) is 0 Å². The van der Waals surface area contributed by atoms with Gasteiger partial charge in [0.15, 0.2) is 5.16 Å². The van der Waals surface area contributed by atoms with Crippen molar-refractivity contribution in [3.8, 4) is 11.1 Å². The summed E-state index contributed by atoms with van der Waals surface area (Å²) in [7, 11) is 0. The molecular weight excluding hydrogens is 394 g/mol. The molecule has 5 rings (SSSR count). The van der Waals surface area contributed by atoms with E-state index in [2.05, 4.69) is 5.32 Å². The van der Waals surface area contributed by atoms with Gasteiger partial charge in [0.2, 0.25) is 5.91 Å². The van der Waals surface area contributed by atoms with Gasteiger partial charge < -0.3 is 5.32 Å². The molecule has 1 amide bonds. The molecule has 152 valence electrons. The SMILES string of the molecule is O=C(CC1CSc2nc3c(c(=O)n21)CCCC3)Nc1ccccc1-c1ccccc1. The van der Waals surface area contributed by atoms with Gasteiger partial charge in [0.25, 0.3) is 5.56 Å². The van der Waals surface area contributed by atoms with E-state index >= 15 is 0 Å². The number of hydrogen-bond donors (Lipinski definition) is 1. The molecule has 5 nitrogen and oxygen atoms in total. The van der Waals surface area contributed by atoms with Crippen LogP contribution in [0.25, 0.3) is 11.1 Å². The van der Waals surface area contributed by atoms with Crippen molar-refractivity contribution in [1.82, 2.24) is 9.55 Å². The Kier molecular flexibility index (Phi) is 5.17. The zero-order chi connectivity index (χ0) is 20.5. The minimum Gasteiger partial charge on any atom is -0.325 e. The predicted octanol–water partition coefficient (Wildman–Crippen LogP) is 4.46. The molecule has 1 aliphatic heterocycles. The third-order valence-electron chi connectivity index (χ3n) is 5.83. The van der Waals surface area contributed by atoms with Crippen molar-refractivity contribution in [2.75, 3.05) is 11.1 Å². The lowest BCUT2D eigenvalue weighted by Crippen LogP contribution is -2.32. The summed E-state index contributed by atoms with van der Waals surface area (Å²) in [6, 6.07) is 17.7. The lowest BCUT2D eigenvalue weighted by Gasteiger charge is -2.19. The van der Waals surface area contributed by atoms with Gasteiger partial charge in [0, 0.05) is 29.0 Å². The Labute approximate surface area is 179 Å². The van der Waals surface area contributed by atoms with Crippen molar-refractivity contribution >= 4 is 23.4 Å². The molecule has 1 aliphatic carbocycles. The van der Waals surface area contributed by atoms with Crippen LogP contribution in [-0.2, 0) is 17.6 Å². The second-order valence-corrected chi connectivity index (χ2v) is 8.82. The number of anilines is 1. The highest BCUT2D eigenvalue weighted by atomic mass is 32.2. The summed E-state index contributed by atoms with van der Waals surface area (Å²) in [5.41, 5.74) is 4.71. The standard InChI is InChI=1S/C24H23N3O2S/c28-22(25-20-12-6-4-10-18(20)16-8-2-1-3-9-16)14-17-15-30-24-26-21-13-7-5-11-19(21)23(29)27(17)24/h1-4,6,8-10,12,17H,5,7,11,13-15H2,(H,25,28). The summed E-state index contributed by atoms with van der Waals surface area (Å²) < 4.78 is 1.76. The van der Waals surface area contributed by atoms with E-state index in [9.17, 15) is 9.59 Å². The van der Waals surface area contributed by atoms with Crippen molar-refractivity contribution in [2.45, 2.75) is 43.3 Å². The lowest BCUT2D eigenvalue weighted by molar-refractivity contribution is -0.116. The van der Waals surface area contributed by atoms with Crippen LogP contribution in [-0.4, -0.2) is 21.2 Å². The average molecular weight is 418 g/mol. The maximum atomic E-state index is 13.1. The van der Waals surface area contributed by atoms with Crippen molar-refractivity contribution in [1.29, 1.82) is 0 Å². The second kappa shape index (κ2) is 8.11. The maximum absolute atomic E-state index is 13.1. The van der Waals surface area contributed by atoms with Gasteiger partial charge in [-0.25, -0.2) is 4.98 Å². The van der Waals surface area contributed by atoms with Crippen LogP contribution >= 0.6 is 11.8 Å². The van der Waals surface area contributed by atoms with Gasteiger partial charge >= 0.3 is 0 Å². The van der Waals surface area contributed by atoms with Gasteiger partial charge in [-0.1, -0.05) is 60.3 Å². The Balaban J connectivity index is 1.37. The lowest BCUT2D eigenvalue weighted by atomic mass is 9.97. The normalized spacial score (nSPS) is 17.3. The van der Waals surface area contributed by atoms with Crippen LogP contribution in [0.3, 0.4) is 0 Å². The van der Waals surface area contributed by atoms with E-state index in [1.54, 1.807) is 16.3 Å². The molecule has 2 aromatic carbocycles. The van der Waals surface area contributed by atoms with Crippen LogP contribution in [0.2, 0.25) is 0 Å². The minimum atomic E-state index is -0.152. The number of amides is 1. The van der Waals surface area contributed by atoms with Crippen molar-refractivity contribution < 1.29 is 4.79 Å². The van der Waals surface area contributed by atoms with Crippen molar-refractivity contribution in [3.05, 3.63) is 76.2 Å². The molecule has 30 heavy (non-hydrogen) atoms. The molecule has 0 radical (unpaired) electrons. The fourth-order valence-corrected chi connectivity index (χ4v) is 5.50. The molecule has 1 unspecified atom stereocenters. The van der Waals surface area contributed by atoms with Crippen LogP contribution in [0.15, 0.2) is 64.5 Å². The van der Waals surface area contributed by atoms with Gasteiger partial charge in [-0.05, 0) is 37.3 Å². The number of para-hydroxylation sites is 1. The topological polar surface area (TPSA) is 64.0 Å². The Hall–Kier alpha value is -2.86. The number of carbonyl (C=O) groups is 1. The molecule has 6 heteroatoms.